The van der Waals surface area contributed by atoms with E-state index in [0.717, 1.165) is 0 Å². The van der Waals surface area contributed by atoms with E-state index in [2.05, 4.69) is 0 Å². The summed E-state index contributed by atoms with van der Waals surface area (Å²) in [4.78, 5) is 0. The zero-order chi connectivity index (χ0) is 3.58. The minimum absolute atomic E-state index is 0. The Labute approximate surface area is 67.0 Å². The van der Waals surface area contributed by atoms with Crippen molar-refractivity contribution in [1.29, 1.82) is 0 Å². The van der Waals surface area contributed by atoms with Crippen LogP contribution >= 0.6 is 0 Å². The average Bonchev–Trinajstić information content (AvgIpc) is 0.811. The normalized spacial score (nSPS) is 4.50. The molecule has 0 aromatic heterocycles. The zero-order valence-electron chi connectivity index (χ0n) is 2.81. The van der Waals surface area contributed by atoms with Crippen molar-refractivity contribution in [2.75, 3.05) is 0 Å². The van der Waals surface area contributed by atoms with Crippen LogP contribution in [0.25, 0.3) is 0 Å². The quantitative estimate of drug-likeness (QED) is 0.446. The molecule has 0 aromatic rings. The topological polar surface area (TPSA) is 60.7 Å². The molecule has 0 rings (SSSR count). The summed E-state index contributed by atoms with van der Waals surface area (Å²) in [7, 11) is -2.17. The molecule has 0 bridgehead atoms. The second-order valence-corrected chi connectivity index (χ2v) is 0.346. The molecular weight excluding hydrogens is 333 g/mol. The van der Waals surface area contributed by atoms with Crippen molar-refractivity contribution < 1.29 is 59.8 Å². The summed E-state index contributed by atoms with van der Waals surface area (Å²) in [5.74, 6) is 0. The van der Waals surface area contributed by atoms with E-state index in [0.29, 0.717) is 0 Å². The Balaban J connectivity index is -0.0000000450. The van der Waals surface area contributed by atoms with E-state index < -0.39 is 7.32 Å². The molecular formula is H3BNbO3Ta. The van der Waals surface area contributed by atoms with Gasteiger partial charge in [-0.15, -0.1) is 0 Å². The van der Waals surface area contributed by atoms with Crippen molar-refractivity contribution in [3.63, 3.8) is 0 Å². The first-order chi connectivity index (χ1) is 1.73. The summed E-state index contributed by atoms with van der Waals surface area (Å²) in [5, 5.41) is 21.5. The number of rotatable bonds is 0. The Hall–Kier alpha value is 1.43. The third-order valence-electron chi connectivity index (χ3n) is 0. The molecule has 0 saturated carbocycles. The summed E-state index contributed by atoms with van der Waals surface area (Å²) in [6.07, 6.45) is 0. The Kier molecular flexibility index (Phi) is 25.2. The summed E-state index contributed by atoms with van der Waals surface area (Å²) >= 11 is 0. The summed E-state index contributed by atoms with van der Waals surface area (Å²) in [6, 6.07) is 0. The van der Waals surface area contributed by atoms with Crippen molar-refractivity contribution in [3.8, 4) is 0 Å². The molecule has 3 nitrogen and oxygen atoms in total. The maximum atomic E-state index is 7.17. The Morgan fingerprint density at radius 1 is 1.00 bits per heavy atom. The molecule has 0 aliphatic carbocycles. The van der Waals surface area contributed by atoms with Gasteiger partial charge in [0.1, 0.15) is 0 Å². The van der Waals surface area contributed by atoms with Crippen LogP contribution in [0.3, 0.4) is 0 Å². The first kappa shape index (κ1) is 15.7. The maximum absolute atomic E-state index is 7.17. The van der Waals surface area contributed by atoms with E-state index in [1.165, 1.54) is 0 Å². The van der Waals surface area contributed by atoms with Crippen LogP contribution in [0.2, 0.25) is 0 Å². The SMILES string of the molecule is OB(O)O.[Nb].[Ta]. The van der Waals surface area contributed by atoms with Crippen molar-refractivity contribution in [2.45, 2.75) is 0 Å². The molecule has 0 heterocycles. The monoisotopic (exact) mass is 336 g/mol. The average molecular weight is 336 g/mol. The third kappa shape index (κ3) is 52.3. The smallest absolute Gasteiger partial charge is 0.402 e. The summed E-state index contributed by atoms with van der Waals surface area (Å²) < 4.78 is 0. The Bertz CT molecular complexity index is 15.5. The molecule has 0 aromatic carbocycles. The predicted octanol–water partition coefficient (Wildman–Crippen LogP) is -2.06. The summed E-state index contributed by atoms with van der Waals surface area (Å²) in [5.41, 5.74) is 0. The van der Waals surface area contributed by atoms with Crippen LogP contribution in [-0.4, -0.2) is 22.4 Å². The molecule has 6 heteroatoms. The van der Waals surface area contributed by atoms with Gasteiger partial charge in [0.2, 0.25) is 0 Å². The van der Waals surface area contributed by atoms with Crippen LogP contribution < -0.4 is 0 Å². The molecule has 0 amide bonds. The van der Waals surface area contributed by atoms with Gasteiger partial charge in [-0.25, -0.2) is 0 Å². The van der Waals surface area contributed by atoms with Crippen LogP contribution in [0.5, 0.6) is 0 Å². The van der Waals surface area contributed by atoms with Crippen LogP contribution in [0.4, 0.5) is 0 Å². The van der Waals surface area contributed by atoms with Crippen molar-refractivity contribution in [1.82, 2.24) is 0 Å². The van der Waals surface area contributed by atoms with Gasteiger partial charge in [0.05, 0.1) is 0 Å². The number of hydrogen-bond donors (Lipinski definition) is 3. The van der Waals surface area contributed by atoms with Crippen molar-refractivity contribution in [2.24, 2.45) is 0 Å². The molecule has 0 atom stereocenters. The van der Waals surface area contributed by atoms with Crippen molar-refractivity contribution >= 4 is 7.32 Å². The third-order valence-corrected chi connectivity index (χ3v) is 0. The van der Waals surface area contributed by atoms with E-state index in [1.807, 2.05) is 0 Å². The Morgan fingerprint density at radius 2 is 1.00 bits per heavy atom. The van der Waals surface area contributed by atoms with E-state index in [1.54, 1.807) is 0 Å². The standard InChI is InChI=1S/BH3O3.Nb.Ta/c2-1(3)4;;/h2-4H;;. The van der Waals surface area contributed by atoms with Gasteiger partial charge in [-0.3, -0.25) is 0 Å². The fourth-order valence-electron chi connectivity index (χ4n) is 0. The minimum atomic E-state index is -2.17. The van der Waals surface area contributed by atoms with Crippen LogP contribution in [0, 0.1) is 0 Å². The predicted molar refractivity (Wildman–Crippen MR) is 12.4 cm³/mol. The minimum Gasteiger partial charge on any atom is -0.402 e. The van der Waals surface area contributed by atoms with Gasteiger partial charge in [0, 0.05) is 44.8 Å². The zero-order valence-corrected chi connectivity index (χ0v) is 8.23. The van der Waals surface area contributed by atoms with Gasteiger partial charge >= 0.3 is 7.32 Å². The van der Waals surface area contributed by atoms with E-state index in [-0.39, 0.29) is 44.8 Å². The first-order valence-corrected chi connectivity index (χ1v) is 0.775. The maximum Gasteiger partial charge on any atom is 0.631 e. The van der Waals surface area contributed by atoms with Gasteiger partial charge in [-0.2, -0.15) is 0 Å². The molecule has 3 N–H and O–H groups in total. The first-order valence-electron chi connectivity index (χ1n) is 0.775. The van der Waals surface area contributed by atoms with E-state index in [9.17, 15) is 0 Å². The second kappa shape index (κ2) is 9.66. The van der Waals surface area contributed by atoms with Gasteiger partial charge in [-0.05, 0) is 0 Å². The summed E-state index contributed by atoms with van der Waals surface area (Å²) in [6.45, 7) is 0. The molecule has 2 radical (unpaired) electrons. The number of hydrogen-bond acceptors (Lipinski definition) is 3. The van der Waals surface area contributed by atoms with Gasteiger partial charge in [0.15, 0.2) is 0 Å². The molecule has 0 fully saturated rings. The van der Waals surface area contributed by atoms with E-state index >= 15 is 0 Å². The van der Waals surface area contributed by atoms with Gasteiger partial charge in [-0.1, -0.05) is 0 Å². The fourth-order valence-corrected chi connectivity index (χ4v) is 0. The molecule has 0 unspecified atom stereocenters. The fraction of sp³-hybridized carbons (Fsp3) is 0. The molecule has 0 spiro atoms. The van der Waals surface area contributed by atoms with Crippen molar-refractivity contribution in [3.05, 3.63) is 0 Å². The molecule has 0 aliphatic heterocycles. The molecule has 0 saturated heterocycles. The van der Waals surface area contributed by atoms with Crippen LogP contribution in [0.15, 0.2) is 0 Å². The van der Waals surface area contributed by atoms with Gasteiger partial charge < -0.3 is 15.1 Å². The van der Waals surface area contributed by atoms with Crippen LogP contribution in [-0.2, 0) is 44.8 Å². The molecule has 6 heavy (non-hydrogen) atoms. The molecule has 0 aliphatic rings. The van der Waals surface area contributed by atoms with Crippen LogP contribution in [0.1, 0.15) is 0 Å². The largest absolute Gasteiger partial charge is 0.631 e. The Morgan fingerprint density at radius 3 is 1.00 bits per heavy atom. The van der Waals surface area contributed by atoms with Gasteiger partial charge in [0.25, 0.3) is 0 Å². The van der Waals surface area contributed by atoms with E-state index in [4.69, 9.17) is 15.1 Å². The molecule has 34 valence electrons. The second-order valence-electron chi connectivity index (χ2n) is 0.346.